The molecule has 0 aliphatic heterocycles. The van der Waals surface area contributed by atoms with Crippen LogP contribution in [0.3, 0.4) is 0 Å². The molecular weight excluding hydrogens is 333 g/mol. The lowest BCUT2D eigenvalue weighted by Gasteiger charge is -2.13. The van der Waals surface area contributed by atoms with E-state index in [1.165, 1.54) is 31.4 Å². The number of amides is 2. The van der Waals surface area contributed by atoms with Crippen LogP contribution in [-0.2, 0) is 15.8 Å². The number of alkyl halides is 3. The molecule has 0 atom stereocenters. The van der Waals surface area contributed by atoms with Gasteiger partial charge in [0.25, 0.3) is 0 Å². The van der Waals surface area contributed by atoms with Gasteiger partial charge in [0.1, 0.15) is 0 Å². The normalized spacial score (nSPS) is 11.2. The molecule has 2 amide bonds. The van der Waals surface area contributed by atoms with Crippen LogP contribution in [0.1, 0.15) is 57.4 Å². The Bertz CT molecular complexity index is 559. The van der Waals surface area contributed by atoms with Gasteiger partial charge in [0.05, 0.1) is 11.3 Å². The van der Waals surface area contributed by atoms with Gasteiger partial charge in [-0.3, -0.25) is 9.59 Å². The minimum absolute atomic E-state index is 0.334. The Balaban J connectivity index is 2.35. The number of unbranched alkanes of at least 4 members (excludes halogenated alkanes) is 6. The summed E-state index contributed by atoms with van der Waals surface area (Å²) in [7, 11) is 0. The van der Waals surface area contributed by atoms with Crippen molar-refractivity contribution in [2.24, 2.45) is 0 Å². The Hall–Kier alpha value is -2.05. The summed E-state index contributed by atoms with van der Waals surface area (Å²) in [6.07, 6.45) is 2.91. The number of halogens is 3. The molecule has 1 aromatic rings. The number of carbonyl (C=O) groups excluding carboxylic acids is 2. The van der Waals surface area contributed by atoms with Gasteiger partial charge in [0.2, 0.25) is 0 Å². The summed E-state index contributed by atoms with van der Waals surface area (Å²) in [5, 5.41) is 4.45. The predicted octanol–water partition coefficient (Wildman–Crippen LogP) is 4.51. The zero-order chi connectivity index (χ0) is 18.7. The minimum Gasteiger partial charge on any atom is -0.348 e. The van der Waals surface area contributed by atoms with E-state index >= 15 is 0 Å². The summed E-state index contributed by atoms with van der Waals surface area (Å²) in [6, 6.07) is 4.55. The maximum Gasteiger partial charge on any atom is 0.418 e. The molecule has 0 aliphatic rings. The van der Waals surface area contributed by atoms with E-state index in [-0.39, 0.29) is 0 Å². The molecule has 140 valence electrons. The maximum absolute atomic E-state index is 12.8. The van der Waals surface area contributed by atoms with Crippen molar-refractivity contribution in [3.05, 3.63) is 29.8 Å². The lowest BCUT2D eigenvalue weighted by molar-refractivity contribution is -0.138. The highest BCUT2D eigenvalue weighted by atomic mass is 19.4. The van der Waals surface area contributed by atoms with Crippen LogP contribution >= 0.6 is 0 Å². The van der Waals surface area contributed by atoms with E-state index in [9.17, 15) is 22.8 Å². The first-order valence-electron chi connectivity index (χ1n) is 8.61. The predicted molar refractivity (Wildman–Crippen MR) is 91.1 cm³/mol. The molecule has 1 aromatic carbocycles. The molecule has 1 rings (SSSR count). The molecule has 0 heterocycles. The van der Waals surface area contributed by atoms with E-state index in [2.05, 4.69) is 12.2 Å². The fourth-order valence-corrected chi connectivity index (χ4v) is 2.38. The number of benzene rings is 1. The lowest BCUT2D eigenvalue weighted by Crippen LogP contribution is -2.36. The second-order valence-electron chi connectivity index (χ2n) is 5.87. The van der Waals surface area contributed by atoms with Gasteiger partial charge in [-0.05, 0) is 18.6 Å². The Kier molecular flexibility index (Phi) is 9.02. The van der Waals surface area contributed by atoms with Gasteiger partial charge in [0.15, 0.2) is 0 Å². The fourth-order valence-electron chi connectivity index (χ4n) is 2.38. The molecule has 0 bridgehead atoms. The molecule has 0 aliphatic carbocycles. The second kappa shape index (κ2) is 10.7. The zero-order valence-electron chi connectivity index (χ0n) is 14.4. The summed E-state index contributed by atoms with van der Waals surface area (Å²) in [5.41, 5.74) is -1.41. The first-order chi connectivity index (χ1) is 11.9. The lowest BCUT2D eigenvalue weighted by atomic mass is 10.1. The summed E-state index contributed by atoms with van der Waals surface area (Å²) in [6.45, 7) is 2.48. The summed E-state index contributed by atoms with van der Waals surface area (Å²) in [5.74, 6) is -2.03. The monoisotopic (exact) mass is 358 g/mol. The van der Waals surface area contributed by atoms with E-state index in [0.29, 0.717) is 6.54 Å². The van der Waals surface area contributed by atoms with E-state index in [4.69, 9.17) is 0 Å². The zero-order valence-corrected chi connectivity index (χ0v) is 14.4. The van der Waals surface area contributed by atoms with Crippen LogP contribution in [0.5, 0.6) is 0 Å². The number of rotatable bonds is 9. The molecule has 0 unspecified atom stereocenters. The number of carbonyl (C=O) groups is 2. The van der Waals surface area contributed by atoms with Crippen LogP contribution in [0.25, 0.3) is 0 Å². The molecule has 4 nitrogen and oxygen atoms in total. The van der Waals surface area contributed by atoms with Gasteiger partial charge in [-0.2, -0.15) is 13.2 Å². The van der Waals surface area contributed by atoms with Gasteiger partial charge in [-0.1, -0.05) is 57.6 Å². The van der Waals surface area contributed by atoms with E-state index in [1.807, 2.05) is 5.32 Å². The van der Waals surface area contributed by atoms with E-state index < -0.39 is 29.2 Å². The number of para-hydroxylation sites is 1. The largest absolute Gasteiger partial charge is 0.418 e. The summed E-state index contributed by atoms with van der Waals surface area (Å²) >= 11 is 0. The molecule has 0 aromatic heterocycles. The van der Waals surface area contributed by atoms with E-state index in [0.717, 1.165) is 37.8 Å². The van der Waals surface area contributed by atoms with Crippen molar-refractivity contribution in [1.29, 1.82) is 0 Å². The van der Waals surface area contributed by atoms with Crippen molar-refractivity contribution in [2.75, 3.05) is 11.9 Å². The standard InChI is InChI=1S/C18H25F3N2O2/c1-2-3-4-5-6-7-10-13-22-16(24)17(25)23-15-12-9-8-11-14(15)18(19,20)21/h8-9,11-12H,2-7,10,13H2,1H3,(H,22,24)(H,23,25). The fraction of sp³-hybridized carbons (Fsp3) is 0.556. The van der Waals surface area contributed by atoms with Gasteiger partial charge in [-0.25, -0.2) is 0 Å². The highest BCUT2D eigenvalue weighted by Crippen LogP contribution is 2.34. The molecule has 0 saturated heterocycles. The van der Waals surface area contributed by atoms with Crippen LogP contribution in [0.15, 0.2) is 24.3 Å². The third kappa shape index (κ3) is 8.05. The van der Waals surface area contributed by atoms with Crippen molar-refractivity contribution in [3.63, 3.8) is 0 Å². The highest BCUT2D eigenvalue weighted by molar-refractivity contribution is 6.39. The average Bonchev–Trinajstić information content (AvgIpc) is 2.56. The number of hydrogen-bond acceptors (Lipinski definition) is 2. The SMILES string of the molecule is CCCCCCCCCNC(=O)C(=O)Nc1ccccc1C(F)(F)F. The Morgan fingerprint density at radius 3 is 2.16 bits per heavy atom. The average molecular weight is 358 g/mol. The second-order valence-corrected chi connectivity index (χ2v) is 5.87. The maximum atomic E-state index is 12.8. The van der Waals surface area contributed by atoms with Crippen molar-refractivity contribution in [2.45, 2.75) is 58.0 Å². The first-order valence-corrected chi connectivity index (χ1v) is 8.61. The first kappa shape index (κ1) is 21.0. The third-order valence-corrected chi connectivity index (χ3v) is 3.75. The van der Waals surface area contributed by atoms with Crippen molar-refractivity contribution in [1.82, 2.24) is 5.32 Å². The summed E-state index contributed by atoms with van der Waals surface area (Å²) < 4.78 is 38.5. The molecule has 0 fully saturated rings. The number of anilines is 1. The Morgan fingerprint density at radius 1 is 0.920 bits per heavy atom. The van der Waals surface area contributed by atoms with Gasteiger partial charge < -0.3 is 10.6 Å². The Morgan fingerprint density at radius 2 is 1.52 bits per heavy atom. The highest BCUT2D eigenvalue weighted by Gasteiger charge is 2.33. The number of nitrogens with one attached hydrogen (secondary N) is 2. The third-order valence-electron chi connectivity index (χ3n) is 3.75. The topological polar surface area (TPSA) is 58.2 Å². The summed E-state index contributed by atoms with van der Waals surface area (Å²) in [4.78, 5) is 23.4. The molecule has 2 N–H and O–H groups in total. The van der Waals surface area contributed by atoms with Crippen molar-refractivity contribution >= 4 is 17.5 Å². The smallest absolute Gasteiger partial charge is 0.348 e. The van der Waals surface area contributed by atoms with Crippen LogP contribution in [0.2, 0.25) is 0 Å². The van der Waals surface area contributed by atoms with E-state index in [1.54, 1.807) is 0 Å². The Labute approximate surface area is 146 Å². The van der Waals surface area contributed by atoms with Gasteiger partial charge in [-0.15, -0.1) is 0 Å². The molecule has 0 spiro atoms. The van der Waals surface area contributed by atoms with Gasteiger partial charge in [0, 0.05) is 6.54 Å². The number of hydrogen-bond donors (Lipinski definition) is 2. The molecule has 25 heavy (non-hydrogen) atoms. The molecule has 7 heteroatoms. The van der Waals surface area contributed by atoms with Crippen LogP contribution in [-0.4, -0.2) is 18.4 Å². The van der Waals surface area contributed by atoms with Crippen LogP contribution < -0.4 is 10.6 Å². The van der Waals surface area contributed by atoms with Crippen molar-refractivity contribution < 1.29 is 22.8 Å². The molecular formula is C18H25F3N2O2. The minimum atomic E-state index is -4.60. The quantitative estimate of drug-likeness (QED) is 0.504. The van der Waals surface area contributed by atoms with Gasteiger partial charge >= 0.3 is 18.0 Å². The van der Waals surface area contributed by atoms with Crippen molar-refractivity contribution in [3.8, 4) is 0 Å². The molecule has 0 radical (unpaired) electrons. The molecule has 0 saturated carbocycles. The van der Waals surface area contributed by atoms with Crippen LogP contribution in [0, 0.1) is 0 Å². The van der Waals surface area contributed by atoms with Crippen LogP contribution in [0.4, 0.5) is 18.9 Å².